The van der Waals surface area contributed by atoms with Crippen LogP contribution in [0.15, 0.2) is 42.5 Å². The van der Waals surface area contributed by atoms with Gasteiger partial charge in [0.15, 0.2) is 0 Å². The maximum atomic E-state index is 6.01. The molecule has 0 bridgehead atoms. The zero-order valence-electron chi connectivity index (χ0n) is 12.4. The van der Waals surface area contributed by atoms with E-state index in [-0.39, 0.29) is 0 Å². The van der Waals surface area contributed by atoms with Gasteiger partial charge >= 0.3 is 0 Å². The standard InChI is InChI=1S/C15H14Cl2.C3H8/c1-2-11-4-3-5-12(8-11)9-13-6-7-14(16)15(17)10-13;1-3-2/h3-8,10H,2,9H2,1H3;3H2,1-2H3. The van der Waals surface area contributed by atoms with Crippen LogP contribution in [0.1, 0.15) is 43.9 Å². The Bertz CT molecular complexity index is 533. The lowest BCUT2D eigenvalue weighted by atomic mass is 10.0. The molecule has 0 aliphatic rings. The van der Waals surface area contributed by atoms with E-state index in [2.05, 4.69) is 45.0 Å². The van der Waals surface area contributed by atoms with Gasteiger partial charge in [0.2, 0.25) is 0 Å². The third kappa shape index (κ3) is 5.56. The van der Waals surface area contributed by atoms with Crippen LogP contribution in [0.2, 0.25) is 10.0 Å². The van der Waals surface area contributed by atoms with Crippen molar-refractivity contribution in [3.05, 3.63) is 69.2 Å². The minimum Gasteiger partial charge on any atom is -0.0827 e. The summed E-state index contributed by atoms with van der Waals surface area (Å²) in [6, 6.07) is 14.4. The Balaban J connectivity index is 0.000000612. The Morgan fingerprint density at radius 1 is 0.750 bits per heavy atom. The van der Waals surface area contributed by atoms with Gasteiger partial charge in [-0.15, -0.1) is 0 Å². The van der Waals surface area contributed by atoms with E-state index in [0.717, 1.165) is 12.8 Å². The molecule has 0 saturated carbocycles. The van der Waals surface area contributed by atoms with E-state index in [9.17, 15) is 0 Å². The molecule has 2 aromatic carbocycles. The van der Waals surface area contributed by atoms with Crippen molar-refractivity contribution in [1.29, 1.82) is 0 Å². The van der Waals surface area contributed by atoms with Crippen LogP contribution in [0.25, 0.3) is 0 Å². The van der Waals surface area contributed by atoms with Crippen molar-refractivity contribution in [3.8, 4) is 0 Å². The summed E-state index contributed by atoms with van der Waals surface area (Å²) >= 11 is 11.9. The highest BCUT2D eigenvalue weighted by Crippen LogP contribution is 2.24. The lowest BCUT2D eigenvalue weighted by molar-refractivity contribution is 1.09. The maximum absolute atomic E-state index is 6.01. The SMILES string of the molecule is CCC.CCc1cccc(Cc2ccc(Cl)c(Cl)c2)c1. The number of benzene rings is 2. The number of halogens is 2. The van der Waals surface area contributed by atoms with Crippen LogP contribution < -0.4 is 0 Å². The predicted octanol–water partition coefficient (Wildman–Crippen LogP) is 6.56. The highest BCUT2D eigenvalue weighted by Gasteiger charge is 2.01. The second-order valence-corrected chi connectivity index (χ2v) is 5.62. The quantitative estimate of drug-likeness (QED) is 0.602. The molecule has 0 unspecified atom stereocenters. The Hall–Kier alpha value is -0.980. The van der Waals surface area contributed by atoms with E-state index in [0.29, 0.717) is 10.0 Å². The summed E-state index contributed by atoms with van der Waals surface area (Å²) in [5, 5.41) is 1.23. The molecule has 2 rings (SSSR count). The first-order chi connectivity index (χ1) is 9.60. The molecule has 0 aliphatic carbocycles. The fourth-order valence-electron chi connectivity index (χ4n) is 1.84. The summed E-state index contributed by atoms with van der Waals surface area (Å²) in [6.45, 7) is 6.41. The zero-order chi connectivity index (χ0) is 15.0. The molecule has 0 amide bonds. The Morgan fingerprint density at radius 3 is 1.95 bits per heavy atom. The number of aryl methyl sites for hydroxylation is 1. The molecule has 0 radical (unpaired) electrons. The minimum atomic E-state index is 0.609. The number of hydrogen-bond acceptors (Lipinski definition) is 0. The van der Waals surface area contributed by atoms with Crippen LogP contribution in [0.4, 0.5) is 0 Å². The van der Waals surface area contributed by atoms with Crippen molar-refractivity contribution < 1.29 is 0 Å². The number of hydrogen-bond donors (Lipinski definition) is 0. The smallest absolute Gasteiger partial charge is 0.0595 e. The largest absolute Gasteiger partial charge is 0.0827 e. The molecule has 0 aliphatic heterocycles. The molecule has 0 nitrogen and oxygen atoms in total. The highest BCUT2D eigenvalue weighted by atomic mass is 35.5. The fraction of sp³-hybridized carbons (Fsp3) is 0.333. The first-order valence-corrected chi connectivity index (χ1v) is 7.88. The molecule has 0 saturated heterocycles. The summed E-state index contributed by atoms with van der Waals surface area (Å²) in [5.41, 5.74) is 3.86. The van der Waals surface area contributed by atoms with Crippen molar-refractivity contribution in [1.82, 2.24) is 0 Å². The Morgan fingerprint density at radius 2 is 1.35 bits per heavy atom. The fourth-order valence-corrected chi connectivity index (χ4v) is 2.17. The molecule has 2 heteroatoms. The summed E-state index contributed by atoms with van der Waals surface area (Å²) in [4.78, 5) is 0. The average Bonchev–Trinajstić information content (AvgIpc) is 2.44. The van der Waals surface area contributed by atoms with Crippen LogP contribution in [0, 0.1) is 0 Å². The second kappa shape index (κ2) is 9.05. The Kier molecular flexibility index (Phi) is 7.72. The lowest BCUT2D eigenvalue weighted by Gasteiger charge is -2.05. The van der Waals surface area contributed by atoms with Gasteiger partial charge in [-0.3, -0.25) is 0 Å². The molecule has 0 atom stereocenters. The molecule has 0 aromatic heterocycles. The first kappa shape index (κ1) is 17.1. The van der Waals surface area contributed by atoms with Gasteiger partial charge in [0.05, 0.1) is 10.0 Å². The van der Waals surface area contributed by atoms with Crippen LogP contribution in [-0.2, 0) is 12.8 Å². The van der Waals surface area contributed by atoms with Gasteiger partial charge in [0.25, 0.3) is 0 Å². The second-order valence-electron chi connectivity index (χ2n) is 4.81. The van der Waals surface area contributed by atoms with Crippen molar-refractivity contribution >= 4 is 23.2 Å². The molecular formula is C18H22Cl2. The monoisotopic (exact) mass is 308 g/mol. The lowest BCUT2D eigenvalue weighted by Crippen LogP contribution is -1.90. The van der Waals surface area contributed by atoms with Gasteiger partial charge < -0.3 is 0 Å². The highest BCUT2D eigenvalue weighted by molar-refractivity contribution is 6.42. The van der Waals surface area contributed by atoms with Gasteiger partial charge in [-0.2, -0.15) is 0 Å². The van der Waals surface area contributed by atoms with E-state index >= 15 is 0 Å². The predicted molar refractivity (Wildman–Crippen MR) is 91.1 cm³/mol. The molecule has 0 spiro atoms. The van der Waals surface area contributed by atoms with Gasteiger partial charge in [-0.1, -0.05) is 80.7 Å². The van der Waals surface area contributed by atoms with Crippen LogP contribution in [0.5, 0.6) is 0 Å². The zero-order valence-corrected chi connectivity index (χ0v) is 13.9. The molecular weight excluding hydrogens is 287 g/mol. The summed E-state index contributed by atoms with van der Waals surface area (Å²) in [7, 11) is 0. The van der Waals surface area contributed by atoms with Crippen LogP contribution in [-0.4, -0.2) is 0 Å². The van der Waals surface area contributed by atoms with E-state index in [1.54, 1.807) is 0 Å². The third-order valence-electron chi connectivity index (χ3n) is 2.79. The van der Waals surface area contributed by atoms with E-state index in [1.807, 2.05) is 18.2 Å². The van der Waals surface area contributed by atoms with E-state index in [1.165, 1.54) is 23.1 Å². The van der Waals surface area contributed by atoms with Crippen LogP contribution in [0.3, 0.4) is 0 Å². The third-order valence-corrected chi connectivity index (χ3v) is 3.53. The molecule has 2 aromatic rings. The van der Waals surface area contributed by atoms with Gasteiger partial charge in [-0.05, 0) is 41.7 Å². The minimum absolute atomic E-state index is 0.609. The normalized spacial score (nSPS) is 9.85. The molecule has 0 fully saturated rings. The number of rotatable bonds is 3. The van der Waals surface area contributed by atoms with Crippen molar-refractivity contribution in [2.75, 3.05) is 0 Å². The van der Waals surface area contributed by atoms with Crippen molar-refractivity contribution in [2.24, 2.45) is 0 Å². The topological polar surface area (TPSA) is 0 Å². The van der Waals surface area contributed by atoms with Gasteiger partial charge in [-0.25, -0.2) is 0 Å². The molecule has 108 valence electrons. The van der Waals surface area contributed by atoms with E-state index < -0.39 is 0 Å². The Labute approximate surface area is 132 Å². The van der Waals surface area contributed by atoms with E-state index in [4.69, 9.17) is 23.2 Å². The van der Waals surface area contributed by atoms with Crippen LogP contribution >= 0.6 is 23.2 Å². The van der Waals surface area contributed by atoms with Gasteiger partial charge in [0, 0.05) is 0 Å². The summed E-state index contributed by atoms with van der Waals surface area (Å²) < 4.78 is 0. The first-order valence-electron chi connectivity index (χ1n) is 7.12. The molecule has 0 heterocycles. The van der Waals surface area contributed by atoms with Crippen molar-refractivity contribution in [3.63, 3.8) is 0 Å². The summed E-state index contributed by atoms with van der Waals surface area (Å²) in [6.07, 6.45) is 3.21. The summed E-state index contributed by atoms with van der Waals surface area (Å²) in [5.74, 6) is 0. The van der Waals surface area contributed by atoms with Gasteiger partial charge in [0.1, 0.15) is 0 Å². The maximum Gasteiger partial charge on any atom is 0.0595 e. The molecule has 20 heavy (non-hydrogen) atoms. The molecule has 0 N–H and O–H groups in total. The van der Waals surface area contributed by atoms with Crippen molar-refractivity contribution in [2.45, 2.75) is 40.0 Å². The average molecular weight is 309 g/mol.